The van der Waals surface area contributed by atoms with E-state index in [1.807, 2.05) is 17.3 Å². The highest BCUT2D eigenvalue weighted by atomic mass is 35.5. The van der Waals surface area contributed by atoms with Gasteiger partial charge in [-0.25, -0.2) is 0 Å². The third kappa shape index (κ3) is 1.45. The van der Waals surface area contributed by atoms with Crippen LogP contribution in [0.2, 0.25) is 0 Å². The van der Waals surface area contributed by atoms with E-state index in [1.54, 1.807) is 4.42 Å². The van der Waals surface area contributed by atoms with Crippen molar-refractivity contribution in [1.29, 1.82) is 0 Å². The van der Waals surface area contributed by atoms with Crippen molar-refractivity contribution < 1.29 is 0 Å². The first-order chi connectivity index (χ1) is 4.74. The quantitative estimate of drug-likeness (QED) is 0.568. The summed E-state index contributed by atoms with van der Waals surface area (Å²) in [6, 6.07) is 0. The Morgan fingerprint density at radius 3 is 2.80 bits per heavy atom. The van der Waals surface area contributed by atoms with Crippen LogP contribution in [-0.2, 0) is 0 Å². The Kier molecular flexibility index (Phi) is 2.22. The minimum atomic E-state index is 0.716. The summed E-state index contributed by atoms with van der Waals surface area (Å²) in [6.07, 6.45) is 4.72. The highest BCUT2D eigenvalue weighted by molar-refractivity contribution is 6.14. The van der Waals surface area contributed by atoms with Gasteiger partial charge in [-0.1, -0.05) is 13.5 Å². The highest BCUT2D eigenvalue weighted by Crippen LogP contribution is 2.15. The molecule has 0 atom stereocenters. The summed E-state index contributed by atoms with van der Waals surface area (Å²) in [5, 5.41) is 0. The molecule has 0 unspecified atom stereocenters. The molecule has 0 aromatic carbocycles. The molecule has 1 aliphatic heterocycles. The molecule has 0 N–H and O–H groups in total. The van der Waals surface area contributed by atoms with Gasteiger partial charge in [-0.05, 0) is 6.42 Å². The van der Waals surface area contributed by atoms with Crippen LogP contribution >= 0.6 is 11.8 Å². The Hall–Kier alpha value is -0.630. The lowest BCUT2D eigenvalue weighted by atomic mass is 10.3. The van der Waals surface area contributed by atoms with Crippen molar-refractivity contribution >= 4 is 11.8 Å². The molecule has 0 saturated carbocycles. The van der Waals surface area contributed by atoms with Crippen LogP contribution in [0.3, 0.4) is 0 Å². The molecular formula is C7H11ClN2. The standard InChI is InChI=1S/C7H11ClN2/c1-3-7(2)9-4-5-10(8)6-9/h4-5H,2-3,6H2,1H3. The second kappa shape index (κ2) is 2.97. The molecule has 0 saturated heterocycles. The maximum absolute atomic E-state index is 5.67. The molecule has 0 amide bonds. The number of nitrogens with zero attached hydrogens (tertiary/aromatic N) is 2. The zero-order chi connectivity index (χ0) is 7.56. The van der Waals surface area contributed by atoms with E-state index in [4.69, 9.17) is 11.8 Å². The third-order valence-electron chi connectivity index (χ3n) is 1.51. The minimum Gasteiger partial charge on any atom is -0.331 e. The SMILES string of the molecule is C=C(CC)N1C=CN(Cl)C1. The Balaban J connectivity index is 2.46. The van der Waals surface area contributed by atoms with Crippen LogP contribution in [-0.4, -0.2) is 16.0 Å². The average molecular weight is 159 g/mol. The Labute approximate surface area is 66.5 Å². The monoisotopic (exact) mass is 158 g/mol. The Morgan fingerprint density at radius 1 is 1.70 bits per heavy atom. The molecule has 0 aromatic heterocycles. The van der Waals surface area contributed by atoms with Crippen LogP contribution in [0.1, 0.15) is 13.3 Å². The molecule has 1 rings (SSSR count). The lowest BCUT2D eigenvalue weighted by molar-refractivity contribution is 0.401. The molecular weight excluding hydrogens is 148 g/mol. The van der Waals surface area contributed by atoms with E-state index in [9.17, 15) is 0 Å². The molecule has 1 aliphatic rings. The molecule has 0 aromatic rings. The molecule has 10 heavy (non-hydrogen) atoms. The van der Waals surface area contributed by atoms with Crippen molar-refractivity contribution in [2.24, 2.45) is 0 Å². The second-order valence-electron chi connectivity index (χ2n) is 2.23. The molecule has 0 aliphatic carbocycles. The van der Waals surface area contributed by atoms with Gasteiger partial charge in [0.2, 0.25) is 0 Å². The average Bonchev–Trinajstić information content (AvgIpc) is 2.34. The van der Waals surface area contributed by atoms with E-state index in [2.05, 4.69) is 13.5 Å². The van der Waals surface area contributed by atoms with Gasteiger partial charge in [-0.15, -0.1) is 0 Å². The van der Waals surface area contributed by atoms with E-state index < -0.39 is 0 Å². The minimum absolute atomic E-state index is 0.716. The second-order valence-corrected chi connectivity index (χ2v) is 2.66. The van der Waals surface area contributed by atoms with Crippen LogP contribution in [0.25, 0.3) is 0 Å². The van der Waals surface area contributed by atoms with Crippen molar-refractivity contribution in [2.75, 3.05) is 6.67 Å². The van der Waals surface area contributed by atoms with Crippen molar-refractivity contribution in [3.05, 3.63) is 24.7 Å². The summed E-state index contributed by atoms with van der Waals surface area (Å²) in [7, 11) is 0. The molecule has 0 spiro atoms. The van der Waals surface area contributed by atoms with E-state index in [-0.39, 0.29) is 0 Å². The summed E-state index contributed by atoms with van der Waals surface area (Å²) in [4.78, 5) is 2.02. The van der Waals surface area contributed by atoms with Crippen molar-refractivity contribution in [3.8, 4) is 0 Å². The van der Waals surface area contributed by atoms with Crippen LogP contribution < -0.4 is 0 Å². The molecule has 2 nitrogen and oxygen atoms in total. The van der Waals surface area contributed by atoms with E-state index in [0.717, 1.165) is 12.1 Å². The van der Waals surface area contributed by atoms with Gasteiger partial charge in [0.15, 0.2) is 0 Å². The topological polar surface area (TPSA) is 6.48 Å². The molecule has 1 heterocycles. The van der Waals surface area contributed by atoms with E-state index >= 15 is 0 Å². The molecule has 0 fully saturated rings. The van der Waals surface area contributed by atoms with Gasteiger partial charge < -0.3 is 4.90 Å². The smallest absolute Gasteiger partial charge is 0.109 e. The predicted molar refractivity (Wildman–Crippen MR) is 43.0 cm³/mol. The summed E-state index contributed by atoms with van der Waals surface area (Å²) in [5.74, 6) is 0. The molecule has 56 valence electrons. The molecule has 3 heteroatoms. The van der Waals surface area contributed by atoms with Crippen LogP contribution in [0.5, 0.6) is 0 Å². The van der Waals surface area contributed by atoms with E-state index in [1.165, 1.54) is 0 Å². The first kappa shape index (κ1) is 7.48. The lowest BCUT2D eigenvalue weighted by Gasteiger charge is -2.17. The van der Waals surface area contributed by atoms with Gasteiger partial charge in [-0.3, -0.25) is 4.42 Å². The van der Waals surface area contributed by atoms with Crippen LogP contribution in [0.15, 0.2) is 24.7 Å². The fraction of sp³-hybridized carbons (Fsp3) is 0.429. The molecule has 0 radical (unpaired) electrons. The number of allylic oxidation sites excluding steroid dienone is 1. The maximum atomic E-state index is 5.67. The van der Waals surface area contributed by atoms with E-state index in [0.29, 0.717) is 6.67 Å². The Morgan fingerprint density at radius 2 is 2.40 bits per heavy atom. The van der Waals surface area contributed by atoms with Crippen molar-refractivity contribution in [1.82, 2.24) is 9.32 Å². The van der Waals surface area contributed by atoms with Crippen molar-refractivity contribution in [3.63, 3.8) is 0 Å². The number of halogens is 1. The summed E-state index contributed by atoms with van der Waals surface area (Å²) < 4.78 is 1.60. The van der Waals surface area contributed by atoms with Crippen molar-refractivity contribution in [2.45, 2.75) is 13.3 Å². The first-order valence-electron chi connectivity index (χ1n) is 3.29. The Bertz CT molecular complexity index is 165. The van der Waals surface area contributed by atoms with Gasteiger partial charge >= 0.3 is 0 Å². The molecule has 0 bridgehead atoms. The van der Waals surface area contributed by atoms with Crippen LogP contribution in [0.4, 0.5) is 0 Å². The van der Waals surface area contributed by atoms with Gasteiger partial charge in [-0.2, -0.15) is 0 Å². The largest absolute Gasteiger partial charge is 0.331 e. The van der Waals surface area contributed by atoms with Gasteiger partial charge in [0.25, 0.3) is 0 Å². The maximum Gasteiger partial charge on any atom is 0.109 e. The van der Waals surface area contributed by atoms with Gasteiger partial charge in [0.1, 0.15) is 6.67 Å². The number of hydrogen-bond donors (Lipinski definition) is 0. The fourth-order valence-corrected chi connectivity index (χ4v) is 0.967. The normalized spacial score (nSPS) is 16.6. The zero-order valence-electron chi connectivity index (χ0n) is 6.05. The fourth-order valence-electron chi connectivity index (χ4n) is 0.801. The summed E-state index contributed by atoms with van der Waals surface area (Å²) in [6.45, 7) is 6.67. The third-order valence-corrected chi connectivity index (χ3v) is 1.73. The lowest BCUT2D eigenvalue weighted by Crippen LogP contribution is -2.18. The summed E-state index contributed by atoms with van der Waals surface area (Å²) in [5.41, 5.74) is 1.10. The van der Waals surface area contributed by atoms with Gasteiger partial charge in [0.05, 0.1) is 0 Å². The highest BCUT2D eigenvalue weighted by Gasteiger charge is 2.10. The number of hydrogen-bond acceptors (Lipinski definition) is 2. The van der Waals surface area contributed by atoms with Gasteiger partial charge in [0, 0.05) is 29.9 Å². The van der Waals surface area contributed by atoms with Crippen LogP contribution in [0, 0.1) is 0 Å². The number of rotatable bonds is 2. The first-order valence-corrected chi connectivity index (χ1v) is 3.63. The predicted octanol–water partition coefficient (Wildman–Crippen LogP) is 2.11. The zero-order valence-corrected chi connectivity index (χ0v) is 6.80. The summed E-state index contributed by atoms with van der Waals surface area (Å²) >= 11 is 5.67.